The predicted molar refractivity (Wildman–Crippen MR) is 89.1 cm³/mol. The molecule has 26 heavy (non-hydrogen) atoms. The monoisotopic (exact) mass is 383 g/mol. The molecule has 4 rings (SSSR count). The number of benzene rings is 1. The van der Waals surface area contributed by atoms with Crippen LogP contribution in [0.15, 0.2) is 29.8 Å². The Bertz CT molecular complexity index is 825. The molecule has 0 spiro atoms. The van der Waals surface area contributed by atoms with Gasteiger partial charge in [0.25, 0.3) is 5.91 Å². The lowest BCUT2D eigenvalue weighted by Gasteiger charge is -2.25. The van der Waals surface area contributed by atoms with Crippen LogP contribution in [-0.4, -0.2) is 53.0 Å². The van der Waals surface area contributed by atoms with Gasteiger partial charge >= 0.3 is 6.18 Å². The van der Waals surface area contributed by atoms with Gasteiger partial charge in [0, 0.05) is 31.7 Å². The van der Waals surface area contributed by atoms with E-state index in [2.05, 4.69) is 9.88 Å². The Labute approximate surface area is 152 Å². The number of carbonyl (C=O) groups excluding carboxylic acids is 1. The number of thiazole rings is 1. The molecule has 5 nitrogen and oxygen atoms in total. The van der Waals surface area contributed by atoms with E-state index in [4.69, 9.17) is 4.74 Å². The second-order valence-electron chi connectivity index (χ2n) is 6.47. The molecule has 2 aromatic rings. The fourth-order valence-corrected chi connectivity index (χ4v) is 4.11. The van der Waals surface area contributed by atoms with Crippen molar-refractivity contribution in [1.29, 1.82) is 0 Å². The van der Waals surface area contributed by atoms with Crippen LogP contribution in [0.5, 0.6) is 5.75 Å². The molecule has 1 saturated heterocycles. The molecule has 1 aromatic heterocycles. The highest BCUT2D eigenvalue weighted by atomic mass is 32.1. The summed E-state index contributed by atoms with van der Waals surface area (Å²) in [6, 6.07) is 2.86. The first-order chi connectivity index (χ1) is 12.3. The molecule has 1 fully saturated rings. The summed E-state index contributed by atoms with van der Waals surface area (Å²) in [6.07, 6.45) is -3.04. The Morgan fingerprint density at radius 2 is 2.15 bits per heavy atom. The van der Waals surface area contributed by atoms with Gasteiger partial charge in [0.2, 0.25) is 0 Å². The van der Waals surface area contributed by atoms with Crippen molar-refractivity contribution in [2.24, 2.45) is 0 Å². The molecule has 0 aliphatic carbocycles. The highest BCUT2D eigenvalue weighted by Crippen LogP contribution is 2.36. The van der Waals surface area contributed by atoms with Gasteiger partial charge in [0.05, 0.1) is 23.7 Å². The summed E-state index contributed by atoms with van der Waals surface area (Å²) in [4.78, 5) is 20.6. The third kappa shape index (κ3) is 3.05. The molecular formula is C17H16F3N3O2S. The molecule has 1 amide bonds. The third-order valence-electron chi connectivity index (χ3n) is 4.79. The summed E-state index contributed by atoms with van der Waals surface area (Å²) < 4.78 is 44.9. The van der Waals surface area contributed by atoms with E-state index in [1.54, 1.807) is 24.6 Å². The number of ether oxygens (including phenoxy) is 1. The molecule has 2 aliphatic rings. The van der Waals surface area contributed by atoms with Gasteiger partial charge in [-0.3, -0.25) is 9.69 Å². The zero-order chi connectivity index (χ0) is 18.5. The number of hydrogen-bond acceptors (Lipinski definition) is 5. The number of likely N-dealkylation sites (tertiary alicyclic amines) is 1. The van der Waals surface area contributed by atoms with Crippen LogP contribution >= 0.6 is 11.3 Å². The minimum absolute atomic E-state index is 0.0387. The average molecular weight is 383 g/mol. The smallest absolute Gasteiger partial charge is 0.416 e. The molecule has 138 valence electrons. The number of carbonyl (C=O) groups is 1. The first-order valence-electron chi connectivity index (χ1n) is 8.08. The van der Waals surface area contributed by atoms with Crippen LogP contribution in [0.4, 0.5) is 13.2 Å². The molecule has 0 saturated carbocycles. The van der Waals surface area contributed by atoms with Crippen LogP contribution in [-0.2, 0) is 12.7 Å². The quantitative estimate of drug-likeness (QED) is 0.800. The van der Waals surface area contributed by atoms with Crippen LogP contribution in [0, 0.1) is 0 Å². The highest BCUT2D eigenvalue weighted by Gasteiger charge is 2.43. The largest absolute Gasteiger partial charge is 0.486 e. The molecule has 2 unspecified atom stereocenters. The Kier molecular flexibility index (Phi) is 4.15. The topological polar surface area (TPSA) is 45.7 Å². The van der Waals surface area contributed by atoms with Crippen molar-refractivity contribution in [3.63, 3.8) is 0 Å². The number of amides is 1. The van der Waals surface area contributed by atoms with Crippen LogP contribution in [0.3, 0.4) is 0 Å². The zero-order valence-electron chi connectivity index (χ0n) is 13.9. The molecule has 2 aliphatic heterocycles. The van der Waals surface area contributed by atoms with Gasteiger partial charge in [-0.05, 0) is 18.2 Å². The molecular weight excluding hydrogens is 367 g/mol. The number of alkyl halides is 3. The van der Waals surface area contributed by atoms with Crippen molar-refractivity contribution < 1.29 is 22.7 Å². The van der Waals surface area contributed by atoms with E-state index in [-0.39, 0.29) is 23.5 Å². The van der Waals surface area contributed by atoms with Crippen LogP contribution in [0.1, 0.15) is 20.9 Å². The van der Waals surface area contributed by atoms with Crippen LogP contribution in [0.2, 0.25) is 0 Å². The number of aromatic nitrogens is 1. The van der Waals surface area contributed by atoms with E-state index < -0.39 is 17.6 Å². The summed E-state index contributed by atoms with van der Waals surface area (Å²) in [5, 5.41) is 2.88. The van der Waals surface area contributed by atoms with E-state index in [9.17, 15) is 18.0 Å². The van der Waals surface area contributed by atoms with Crippen molar-refractivity contribution >= 4 is 17.2 Å². The van der Waals surface area contributed by atoms with Gasteiger partial charge in [-0.25, -0.2) is 4.98 Å². The van der Waals surface area contributed by atoms with Crippen molar-refractivity contribution in [1.82, 2.24) is 14.8 Å². The highest BCUT2D eigenvalue weighted by molar-refractivity contribution is 7.09. The Balaban J connectivity index is 1.60. The van der Waals surface area contributed by atoms with Crippen molar-refractivity contribution in [3.05, 3.63) is 45.9 Å². The first kappa shape index (κ1) is 17.3. The lowest BCUT2D eigenvalue weighted by atomic mass is 10.1. The maximum absolute atomic E-state index is 13.0. The lowest BCUT2D eigenvalue weighted by Crippen LogP contribution is -2.44. The Morgan fingerprint density at radius 1 is 1.35 bits per heavy atom. The summed E-state index contributed by atoms with van der Waals surface area (Å²) in [6.45, 7) is 1.84. The molecule has 0 N–H and O–H groups in total. The third-order valence-corrected chi connectivity index (χ3v) is 5.55. The fourth-order valence-electron chi connectivity index (χ4n) is 3.45. The number of rotatable bonds is 2. The molecule has 0 bridgehead atoms. The molecule has 0 radical (unpaired) electrons. The van der Waals surface area contributed by atoms with E-state index in [0.29, 0.717) is 19.6 Å². The van der Waals surface area contributed by atoms with Gasteiger partial charge in [-0.2, -0.15) is 13.2 Å². The zero-order valence-corrected chi connectivity index (χ0v) is 14.7. The summed E-state index contributed by atoms with van der Waals surface area (Å²) >= 11 is 1.56. The Hall–Kier alpha value is -2.13. The second kappa shape index (κ2) is 6.24. The first-order valence-corrected chi connectivity index (χ1v) is 8.96. The number of hydrogen-bond donors (Lipinski definition) is 0. The van der Waals surface area contributed by atoms with Crippen molar-refractivity contribution in [2.45, 2.75) is 24.9 Å². The van der Waals surface area contributed by atoms with Gasteiger partial charge < -0.3 is 9.64 Å². The SMILES string of the molecule is CN1C(=O)c2cc(C(F)(F)F)ccc2OC2CN(Cc3nccs3)CC21. The van der Waals surface area contributed by atoms with E-state index in [1.165, 1.54) is 11.0 Å². The molecule has 2 atom stereocenters. The van der Waals surface area contributed by atoms with Crippen molar-refractivity contribution in [2.75, 3.05) is 20.1 Å². The van der Waals surface area contributed by atoms with Gasteiger partial charge in [-0.1, -0.05) is 0 Å². The Morgan fingerprint density at radius 3 is 2.85 bits per heavy atom. The van der Waals surface area contributed by atoms with Crippen molar-refractivity contribution in [3.8, 4) is 5.75 Å². The second-order valence-corrected chi connectivity index (χ2v) is 7.45. The normalized spacial score (nSPS) is 23.4. The number of nitrogens with zero attached hydrogens (tertiary/aromatic N) is 3. The minimum Gasteiger partial charge on any atom is -0.486 e. The molecule has 1 aromatic carbocycles. The number of fused-ring (bicyclic) bond motifs is 2. The maximum atomic E-state index is 13.0. The molecule has 9 heteroatoms. The molecule has 3 heterocycles. The van der Waals surface area contributed by atoms with E-state index in [0.717, 1.165) is 17.1 Å². The number of likely N-dealkylation sites (N-methyl/N-ethyl adjacent to an activating group) is 1. The maximum Gasteiger partial charge on any atom is 0.416 e. The average Bonchev–Trinajstić information content (AvgIpc) is 3.21. The summed E-state index contributed by atoms with van der Waals surface area (Å²) in [7, 11) is 1.62. The summed E-state index contributed by atoms with van der Waals surface area (Å²) in [5.74, 6) is -0.242. The van der Waals surface area contributed by atoms with Crippen LogP contribution in [0.25, 0.3) is 0 Å². The van der Waals surface area contributed by atoms with Gasteiger partial charge in [-0.15, -0.1) is 11.3 Å². The van der Waals surface area contributed by atoms with E-state index >= 15 is 0 Å². The summed E-state index contributed by atoms with van der Waals surface area (Å²) in [5.41, 5.74) is -0.887. The fraction of sp³-hybridized carbons (Fsp3) is 0.412. The minimum atomic E-state index is -4.50. The predicted octanol–water partition coefficient (Wildman–Crippen LogP) is 2.88. The number of halogens is 3. The van der Waals surface area contributed by atoms with Crippen LogP contribution < -0.4 is 4.74 Å². The van der Waals surface area contributed by atoms with Gasteiger partial charge in [0.15, 0.2) is 0 Å². The standard InChI is InChI=1S/C17H16F3N3O2S/c1-22-12-7-23(9-15-21-4-5-26-15)8-14(12)25-13-3-2-10(17(18,19)20)6-11(13)16(22)24/h2-6,12,14H,7-9H2,1H3. The van der Waals surface area contributed by atoms with Gasteiger partial charge in [0.1, 0.15) is 16.9 Å². The van der Waals surface area contributed by atoms with E-state index in [1.807, 2.05) is 5.38 Å². The lowest BCUT2D eigenvalue weighted by molar-refractivity contribution is -0.137.